The molecule has 4 N–H and O–H groups in total. The highest BCUT2D eigenvalue weighted by Crippen LogP contribution is 1.99. The van der Waals surface area contributed by atoms with Crippen molar-refractivity contribution >= 4 is 5.96 Å². The minimum atomic E-state index is 0.394. The van der Waals surface area contributed by atoms with Crippen molar-refractivity contribution in [1.82, 2.24) is 20.5 Å². The molecule has 0 spiro atoms. The number of aromatic amines is 1. The van der Waals surface area contributed by atoms with Crippen molar-refractivity contribution in [3.8, 4) is 0 Å². The standard InChI is InChI=1S/C11H14N6/c12-11(14-7-10-15-8-16-17-10)13-6-9-4-2-1-3-5-9/h1-5,8H,6-7H2,(H3,12,13,14)(H,15,16,17). The predicted octanol–water partition coefficient (Wildman–Crippen LogP) is 0.409. The SMILES string of the molecule is NC(=NCc1ccccc1)NCc1ncn[nH]1. The summed E-state index contributed by atoms with van der Waals surface area (Å²) >= 11 is 0. The topological polar surface area (TPSA) is 92.0 Å². The molecule has 0 unspecified atom stereocenters. The first-order chi connectivity index (χ1) is 8.34. The van der Waals surface area contributed by atoms with Crippen LogP contribution in [-0.4, -0.2) is 21.1 Å². The van der Waals surface area contributed by atoms with E-state index in [1.165, 1.54) is 6.33 Å². The zero-order valence-electron chi connectivity index (χ0n) is 9.30. The van der Waals surface area contributed by atoms with Gasteiger partial charge in [-0.3, -0.25) is 5.10 Å². The van der Waals surface area contributed by atoms with Crippen LogP contribution in [-0.2, 0) is 13.1 Å². The van der Waals surface area contributed by atoms with E-state index in [9.17, 15) is 0 Å². The van der Waals surface area contributed by atoms with Gasteiger partial charge in [0.15, 0.2) is 5.96 Å². The molecule has 0 atom stereocenters. The molecule has 0 fully saturated rings. The zero-order chi connectivity index (χ0) is 11.9. The number of nitrogens with two attached hydrogens (primary N) is 1. The summed E-state index contributed by atoms with van der Waals surface area (Å²) in [5.41, 5.74) is 6.84. The van der Waals surface area contributed by atoms with E-state index < -0.39 is 0 Å². The number of aromatic nitrogens is 3. The Morgan fingerprint density at radius 1 is 1.35 bits per heavy atom. The minimum absolute atomic E-state index is 0.394. The molecule has 0 aliphatic rings. The molecule has 2 rings (SSSR count). The van der Waals surface area contributed by atoms with Crippen molar-refractivity contribution in [2.45, 2.75) is 13.1 Å². The van der Waals surface area contributed by atoms with E-state index in [0.29, 0.717) is 19.0 Å². The molecule has 0 radical (unpaired) electrons. The molecule has 6 nitrogen and oxygen atoms in total. The maximum Gasteiger partial charge on any atom is 0.189 e. The number of hydrogen-bond acceptors (Lipinski definition) is 3. The number of nitrogens with zero attached hydrogens (tertiary/aromatic N) is 3. The molecule has 0 saturated heterocycles. The van der Waals surface area contributed by atoms with E-state index in [1.54, 1.807) is 0 Å². The van der Waals surface area contributed by atoms with Crippen molar-refractivity contribution in [2.24, 2.45) is 10.7 Å². The van der Waals surface area contributed by atoms with E-state index >= 15 is 0 Å². The predicted molar refractivity (Wildman–Crippen MR) is 65.0 cm³/mol. The highest BCUT2D eigenvalue weighted by Gasteiger charge is 1.96. The van der Waals surface area contributed by atoms with Gasteiger partial charge in [-0.15, -0.1) is 0 Å². The van der Waals surface area contributed by atoms with Gasteiger partial charge in [-0.25, -0.2) is 9.98 Å². The summed E-state index contributed by atoms with van der Waals surface area (Å²) in [5, 5.41) is 9.42. The fraction of sp³-hybridized carbons (Fsp3) is 0.182. The number of guanidine groups is 1. The maximum absolute atomic E-state index is 5.71. The first-order valence-corrected chi connectivity index (χ1v) is 5.26. The van der Waals surface area contributed by atoms with E-state index in [4.69, 9.17) is 5.73 Å². The van der Waals surface area contributed by atoms with Crippen LogP contribution < -0.4 is 11.1 Å². The number of hydrogen-bond donors (Lipinski definition) is 3. The molecular weight excluding hydrogens is 216 g/mol. The van der Waals surface area contributed by atoms with Gasteiger partial charge in [0.2, 0.25) is 0 Å². The van der Waals surface area contributed by atoms with Crippen molar-refractivity contribution in [3.63, 3.8) is 0 Å². The molecule has 0 amide bonds. The van der Waals surface area contributed by atoms with Gasteiger partial charge in [-0.2, -0.15) is 5.10 Å². The van der Waals surface area contributed by atoms with Crippen LogP contribution in [0, 0.1) is 0 Å². The van der Waals surface area contributed by atoms with Crippen LogP contribution in [0.15, 0.2) is 41.7 Å². The third kappa shape index (κ3) is 3.60. The molecule has 6 heteroatoms. The molecule has 88 valence electrons. The largest absolute Gasteiger partial charge is 0.370 e. The second-order valence-corrected chi connectivity index (χ2v) is 3.47. The third-order valence-electron chi connectivity index (χ3n) is 2.18. The molecule has 0 bridgehead atoms. The smallest absolute Gasteiger partial charge is 0.189 e. The lowest BCUT2D eigenvalue weighted by atomic mass is 10.2. The lowest BCUT2D eigenvalue weighted by molar-refractivity contribution is 0.817. The summed E-state index contributed by atoms with van der Waals surface area (Å²) in [6.07, 6.45) is 1.45. The Kier molecular flexibility index (Phi) is 3.69. The molecule has 0 aliphatic carbocycles. The molecule has 17 heavy (non-hydrogen) atoms. The van der Waals surface area contributed by atoms with Crippen LogP contribution >= 0.6 is 0 Å². The van der Waals surface area contributed by atoms with Gasteiger partial charge in [0.25, 0.3) is 0 Å². The van der Waals surface area contributed by atoms with Gasteiger partial charge < -0.3 is 11.1 Å². The van der Waals surface area contributed by atoms with Crippen LogP contribution in [0.5, 0.6) is 0 Å². The van der Waals surface area contributed by atoms with Gasteiger partial charge in [0.1, 0.15) is 12.2 Å². The summed E-state index contributed by atoms with van der Waals surface area (Å²) < 4.78 is 0. The van der Waals surface area contributed by atoms with Crippen molar-refractivity contribution in [2.75, 3.05) is 0 Å². The lowest BCUT2D eigenvalue weighted by Crippen LogP contribution is -2.31. The fourth-order valence-corrected chi connectivity index (χ4v) is 1.31. The van der Waals surface area contributed by atoms with E-state index in [2.05, 4.69) is 25.5 Å². The van der Waals surface area contributed by atoms with Crippen molar-refractivity contribution in [3.05, 3.63) is 48.0 Å². The Labute approximate surface area is 99.0 Å². The van der Waals surface area contributed by atoms with E-state index in [-0.39, 0.29) is 0 Å². The Morgan fingerprint density at radius 3 is 2.88 bits per heavy atom. The second-order valence-electron chi connectivity index (χ2n) is 3.47. The van der Waals surface area contributed by atoms with Crippen LogP contribution in [0.1, 0.15) is 11.4 Å². The zero-order valence-corrected chi connectivity index (χ0v) is 9.30. The molecular formula is C11H14N6. The normalized spacial score (nSPS) is 11.4. The van der Waals surface area contributed by atoms with Gasteiger partial charge >= 0.3 is 0 Å². The third-order valence-corrected chi connectivity index (χ3v) is 2.18. The number of aliphatic imine (C=N–C) groups is 1. The van der Waals surface area contributed by atoms with Crippen LogP contribution in [0.25, 0.3) is 0 Å². The first-order valence-electron chi connectivity index (χ1n) is 5.26. The number of benzene rings is 1. The highest BCUT2D eigenvalue weighted by molar-refractivity contribution is 5.77. The van der Waals surface area contributed by atoms with E-state index in [1.807, 2.05) is 30.3 Å². The van der Waals surface area contributed by atoms with Crippen molar-refractivity contribution < 1.29 is 0 Å². The number of nitrogens with one attached hydrogen (secondary N) is 2. The highest BCUT2D eigenvalue weighted by atomic mass is 15.2. The number of H-pyrrole nitrogens is 1. The van der Waals surface area contributed by atoms with Crippen molar-refractivity contribution in [1.29, 1.82) is 0 Å². The fourth-order valence-electron chi connectivity index (χ4n) is 1.31. The minimum Gasteiger partial charge on any atom is -0.370 e. The van der Waals surface area contributed by atoms with Gasteiger partial charge in [0.05, 0.1) is 13.1 Å². The summed E-state index contributed by atoms with van der Waals surface area (Å²) in [6, 6.07) is 9.94. The van der Waals surface area contributed by atoms with Gasteiger partial charge in [0, 0.05) is 0 Å². The Balaban J connectivity index is 1.81. The Morgan fingerprint density at radius 2 is 2.18 bits per heavy atom. The second kappa shape index (κ2) is 5.64. The molecule has 1 aromatic carbocycles. The summed E-state index contributed by atoms with van der Waals surface area (Å²) in [5.74, 6) is 1.12. The molecule has 1 aromatic heterocycles. The maximum atomic E-state index is 5.71. The molecule has 0 aliphatic heterocycles. The molecule has 2 aromatic rings. The van der Waals surface area contributed by atoms with Crippen LogP contribution in [0.4, 0.5) is 0 Å². The Bertz CT molecular complexity index is 462. The van der Waals surface area contributed by atoms with Crippen LogP contribution in [0.3, 0.4) is 0 Å². The van der Waals surface area contributed by atoms with E-state index in [0.717, 1.165) is 11.4 Å². The number of rotatable bonds is 4. The summed E-state index contributed by atoms with van der Waals surface area (Å²) in [4.78, 5) is 8.18. The van der Waals surface area contributed by atoms with Crippen LogP contribution in [0.2, 0.25) is 0 Å². The monoisotopic (exact) mass is 230 g/mol. The molecule has 0 saturated carbocycles. The Hall–Kier alpha value is -2.37. The summed E-state index contributed by atoms with van der Waals surface area (Å²) in [6.45, 7) is 1.06. The quantitative estimate of drug-likeness (QED) is 0.524. The average Bonchev–Trinajstić information content (AvgIpc) is 2.88. The summed E-state index contributed by atoms with van der Waals surface area (Å²) in [7, 11) is 0. The van der Waals surface area contributed by atoms with Gasteiger partial charge in [-0.1, -0.05) is 30.3 Å². The molecule has 1 heterocycles. The lowest BCUT2D eigenvalue weighted by Gasteiger charge is -2.03. The first kappa shape index (κ1) is 11.1. The average molecular weight is 230 g/mol. The van der Waals surface area contributed by atoms with Gasteiger partial charge in [-0.05, 0) is 5.56 Å².